The highest BCUT2D eigenvalue weighted by atomic mass is 16.5. The summed E-state index contributed by atoms with van der Waals surface area (Å²) >= 11 is 0. The molecular weight excluding hydrogens is 262 g/mol. The van der Waals surface area contributed by atoms with Crippen molar-refractivity contribution in [2.45, 2.75) is 6.04 Å². The first kappa shape index (κ1) is 14.6. The molecule has 20 heavy (non-hydrogen) atoms. The van der Waals surface area contributed by atoms with Gasteiger partial charge in [-0.15, -0.1) is 0 Å². The summed E-state index contributed by atoms with van der Waals surface area (Å²) < 4.78 is 15.8. The van der Waals surface area contributed by atoms with Gasteiger partial charge in [-0.2, -0.15) is 0 Å². The molecule has 1 saturated heterocycles. The molecule has 1 N–H and O–H groups in total. The molecule has 1 unspecified atom stereocenters. The summed E-state index contributed by atoms with van der Waals surface area (Å²) in [4.78, 5) is 13.7. The first-order valence-corrected chi connectivity index (χ1v) is 6.49. The van der Waals surface area contributed by atoms with Crippen LogP contribution in [-0.2, 0) is 9.53 Å². The Kier molecular flexibility index (Phi) is 5.20. The zero-order valence-electron chi connectivity index (χ0n) is 11.4. The number of aliphatic hydroxyl groups is 1. The van der Waals surface area contributed by atoms with Gasteiger partial charge in [-0.3, -0.25) is 4.79 Å². The zero-order valence-corrected chi connectivity index (χ0v) is 11.4. The molecule has 1 aliphatic rings. The number of methoxy groups -OCH3 is 1. The fourth-order valence-corrected chi connectivity index (χ4v) is 2.05. The number of nitrogens with zero attached hydrogens (tertiary/aromatic N) is 1. The van der Waals surface area contributed by atoms with E-state index in [0.29, 0.717) is 31.3 Å². The highest BCUT2D eigenvalue weighted by Gasteiger charge is 2.26. The van der Waals surface area contributed by atoms with Gasteiger partial charge in [0.15, 0.2) is 6.61 Å². The topological polar surface area (TPSA) is 68.2 Å². The lowest BCUT2D eigenvalue weighted by atomic mass is 10.2. The number of rotatable bonds is 5. The molecule has 2 rings (SSSR count). The van der Waals surface area contributed by atoms with Crippen LogP contribution in [0.2, 0.25) is 0 Å². The van der Waals surface area contributed by atoms with Crippen LogP contribution < -0.4 is 9.47 Å². The van der Waals surface area contributed by atoms with Crippen LogP contribution in [0.1, 0.15) is 0 Å². The van der Waals surface area contributed by atoms with Crippen LogP contribution >= 0.6 is 0 Å². The van der Waals surface area contributed by atoms with E-state index in [-0.39, 0.29) is 25.2 Å². The Hall–Kier alpha value is -1.79. The normalized spacial score (nSPS) is 18.7. The number of aliphatic hydroxyl groups excluding tert-OH is 1. The maximum atomic E-state index is 12.1. The molecule has 0 bridgehead atoms. The third-order valence-electron chi connectivity index (χ3n) is 3.16. The summed E-state index contributed by atoms with van der Waals surface area (Å²) in [5.41, 5.74) is 0. The SMILES string of the molecule is COc1cccc(OCC(=O)N2CCOCC2CO)c1. The van der Waals surface area contributed by atoms with Crippen LogP contribution in [0.25, 0.3) is 0 Å². The van der Waals surface area contributed by atoms with Crippen molar-refractivity contribution in [3.63, 3.8) is 0 Å². The van der Waals surface area contributed by atoms with Crippen molar-refractivity contribution in [1.29, 1.82) is 0 Å². The lowest BCUT2D eigenvalue weighted by Crippen LogP contribution is -2.51. The second-order valence-electron chi connectivity index (χ2n) is 4.47. The van der Waals surface area contributed by atoms with Gasteiger partial charge in [0, 0.05) is 12.6 Å². The molecule has 0 aromatic heterocycles. The predicted octanol–water partition coefficient (Wildman–Crippen LogP) is 0.294. The molecule has 0 radical (unpaired) electrons. The number of morpholine rings is 1. The molecule has 1 amide bonds. The average Bonchev–Trinajstić information content (AvgIpc) is 2.52. The Balaban J connectivity index is 1.90. The summed E-state index contributed by atoms with van der Waals surface area (Å²) in [5, 5.41) is 9.23. The van der Waals surface area contributed by atoms with Crippen LogP contribution in [0.3, 0.4) is 0 Å². The molecule has 1 aromatic carbocycles. The van der Waals surface area contributed by atoms with Gasteiger partial charge in [0.25, 0.3) is 5.91 Å². The summed E-state index contributed by atoms with van der Waals surface area (Å²) in [6.07, 6.45) is 0. The van der Waals surface area contributed by atoms with E-state index in [4.69, 9.17) is 14.2 Å². The van der Waals surface area contributed by atoms with Crippen molar-refractivity contribution < 1.29 is 24.1 Å². The highest BCUT2D eigenvalue weighted by molar-refractivity contribution is 5.78. The smallest absolute Gasteiger partial charge is 0.260 e. The second kappa shape index (κ2) is 7.12. The summed E-state index contributed by atoms with van der Waals surface area (Å²) in [6, 6.07) is 6.79. The van der Waals surface area contributed by atoms with E-state index in [1.165, 1.54) is 0 Å². The van der Waals surface area contributed by atoms with E-state index in [9.17, 15) is 9.90 Å². The van der Waals surface area contributed by atoms with Gasteiger partial charge < -0.3 is 24.2 Å². The largest absolute Gasteiger partial charge is 0.497 e. The summed E-state index contributed by atoms with van der Waals surface area (Å²) in [7, 11) is 1.57. The maximum Gasteiger partial charge on any atom is 0.260 e. The number of amides is 1. The number of benzene rings is 1. The van der Waals surface area contributed by atoms with Gasteiger partial charge in [0.05, 0.1) is 33.0 Å². The van der Waals surface area contributed by atoms with Gasteiger partial charge >= 0.3 is 0 Å². The van der Waals surface area contributed by atoms with Crippen molar-refractivity contribution in [3.8, 4) is 11.5 Å². The molecule has 1 aromatic rings. The van der Waals surface area contributed by atoms with Gasteiger partial charge in [0.2, 0.25) is 0 Å². The van der Waals surface area contributed by atoms with Crippen molar-refractivity contribution in [3.05, 3.63) is 24.3 Å². The Morgan fingerprint density at radius 1 is 1.50 bits per heavy atom. The first-order valence-electron chi connectivity index (χ1n) is 6.49. The third-order valence-corrected chi connectivity index (χ3v) is 3.16. The predicted molar refractivity (Wildman–Crippen MR) is 71.9 cm³/mol. The molecule has 0 aliphatic carbocycles. The van der Waals surface area contributed by atoms with E-state index >= 15 is 0 Å². The molecule has 1 aliphatic heterocycles. The molecule has 110 valence electrons. The van der Waals surface area contributed by atoms with Gasteiger partial charge in [-0.25, -0.2) is 0 Å². The van der Waals surface area contributed by atoms with Gasteiger partial charge in [-0.1, -0.05) is 6.07 Å². The van der Waals surface area contributed by atoms with Gasteiger partial charge in [0.1, 0.15) is 11.5 Å². The molecule has 1 atom stereocenters. The number of ether oxygens (including phenoxy) is 3. The summed E-state index contributed by atoms with van der Waals surface area (Å²) in [6.45, 7) is 1.16. The van der Waals surface area contributed by atoms with E-state index < -0.39 is 0 Å². The van der Waals surface area contributed by atoms with Crippen molar-refractivity contribution in [2.24, 2.45) is 0 Å². The number of carbonyl (C=O) groups excluding carboxylic acids is 1. The zero-order chi connectivity index (χ0) is 14.4. The average molecular weight is 281 g/mol. The van der Waals surface area contributed by atoms with Crippen LogP contribution in [-0.4, -0.2) is 62.0 Å². The molecule has 1 fully saturated rings. The van der Waals surface area contributed by atoms with Crippen LogP contribution in [0.4, 0.5) is 0 Å². The molecule has 0 saturated carbocycles. The van der Waals surface area contributed by atoms with Crippen molar-refractivity contribution in [2.75, 3.05) is 40.1 Å². The number of hydrogen-bond donors (Lipinski definition) is 1. The van der Waals surface area contributed by atoms with E-state index in [1.807, 2.05) is 0 Å². The lowest BCUT2D eigenvalue weighted by Gasteiger charge is -2.34. The molecular formula is C14H19NO5. The Labute approximate surface area is 117 Å². The minimum absolute atomic E-state index is 0.0658. The van der Waals surface area contributed by atoms with Crippen LogP contribution in [0.5, 0.6) is 11.5 Å². The molecule has 6 heteroatoms. The van der Waals surface area contributed by atoms with Crippen molar-refractivity contribution in [1.82, 2.24) is 4.90 Å². The number of carbonyl (C=O) groups is 1. The Morgan fingerprint density at radius 2 is 2.30 bits per heavy atom. The van der Waals surface area contributed by atoms with Crippen LogP contribution in [0.15, 0.2) is 24.3 Å². The minimum atomic E-state index is -0.287. The quantitative estimate of drug-likeness (QED) is 0.840. The standard InChI is InChI=1S/C14H19NO5/c1-18-12-3-2-4-13(7-12)20-10-14(17)15-5-6-19-9-11(15)8-16/h2-4,7,11,16H,5-6,8-10H2,1H3. The summed E-state index contributed by atoms with van der Waals surface area (Å²) in [5.74, 6) is 1.09. The monoisotopic (exact) mass is 281 g/mol. The molecule has 0 spiro atoms. The molecule has 1 heterocycles. The Morgan fingerprint density at radius 3 is 3.05 bits per heavy atom. The van der Waals surface area contributed by atoms with Crippen LogP contribution in [0, 0.1) is 0 Å². The minimum Gasteiger partial charge on any atom is -0.497 e. The highest BCUT2D eigenvalue weighted by Crippen LogP contribution is 2.19. The second-order valence-corrected chi connectivity index (χ2v) is 4.47. The lowest BCUT2D eigenvalue weighted by molar-refractivity contribution is -0.143. The van der Waals surface area contributed by atoms with E-state index in [2.05, 4.69) is 0 Å². The first-order chi connectivity index (χ1) is 9.74. The molecule has 6 nitrogen and oxygen atoms in total. The fourth-order valence-electron chi connectivity index (χ4n) is 2.05. The Bertz CT molecular complexity index is 451. The van der Waals surface area contributed by atoms with Gasteiger partial charge in [-0.05, 0) is 12.1 Å². The number of hydrogen-bond acceptors (Lipinski definition) is 5. The van der Waals surface area contributed by atoms with E-state index in [0.717, 1.165) is 0 Å². The third kappa shape index (κ3) is 3.61. The fraction of sp³-hybridized carbons (Fsp3) is 0.500. The van der Waals surface area contributed by atoms with Crippen molar-refractivity contribution >= 4 is 5.91 Å². The maximum absolute atomic E-state index is 12.1. The van der Waals surface area contributed by atoms with E-state index in [1.54, 1.807) is 36.3 Å².